The van der Waals surface area contributed by atoms with E-state index in [0.29, 0.717) is 43.5 Å². The number of amides is 2. The van der Waals surface area contributed by atoms with Gasteiger partial charge in [-0.15, -0.1) is 0 Å². The Morgan fingerprint density at radius 1 is 0.944 bits per heavy atom. The van der Waals surface area contributed by atoms with E-state index in [4.69, 9.17) is 21.7 Å². The molecule has 188 valence electrons. The van der Waals surface area contributed by atoms with Gasteiger partial charge < -0.3 is 24.6 Å². The summed E-state index contributed by atoms with van der Waals surface area (Å²) in [5.41, 5.74) is 2.79. The first-order valence-corrected chi connectivity index (χ1v) is 13.0. The predicted molar refractivity (Wildman–Crippen MR) is 138 cm³/mol. The summed E-state index contributed by atoms with van der Waals surface area (Å²) in [5.74, 6) is -0.0944. The Morgan fingerprint density at radius 3 is 2.36 bits per heavy atom. The Balaban J connectivity index is 1.06. The fourth-order valence-electron chi connectivity index (χ4n) is 5.74. The summed E-state index contributed by atoms with van der Waals surface area (Å²) in [4.78, 5) is 32.3. The lowest BCUT2D eigenvalue weighted by Crippen LogP contribution is -2.63. The predicted octanol–water partition coefficient (Wildman–Crippen LogP) is 2.39. The molecule has 1 N–H and O–H groups in total. The highest BCUT2D eigenvalue weighted by atomic mass is 32.1. The lowest BCUT2D eigenvalue weighted by Gasteiger charge is -2.44. The molecule has 6 rings (SSSR count). The lowest BCUT2D eigenvalue weighted by molar-refractivity contribution is -0.137. The Kier molecular flexibility index (Phi) is 6.37. The number of piperazine rings is 1. The fourth-order valence-corrected chi connectivity index (χ4v) is 6.05. The number of carbonyl (C=O) groups excluding carboxylic acids is 2. The van der Waals surface area contributed by atoms with Crippen molar-refractivity contribution in [3.8, 4) is 0 Å². The van der Waals surface area contributed by atoms with E-state index < -0.39 is 0 Å². The van der Waals surface area contributed by atoms with Crippen LogP contribution < -0.4 is 10.2 Å². The first-order chi connectivity index (χ1) is 17.6. The number of carbonyl (C=O) groups is 2. The number of ether oxygens (including phenoxy) is 2. The number of hydrogen-bond acceptors (Lipinski definition) is 6. The van der Waals surface area contributed by atoms with E-state index >= 15 is 0 Å². The third-order valence-corrected chi connectivity index (χ3v) is 8.14. The van der Waals surface area contributed by atoms with Crippen LogP contribution in [0.2, 0.25) is 0 Å². The van der Waals surface area contributed by atoms with Crippen LogP contribution in [-0.2, 0) is 20.8 Å². The van der Waals surface area contributed by atoms with Crippen molar-refractivity contribution >= 4 is 34.8 Å². The summed E-state index contributed by atoms with van der Waals surface area (Å²) in [6.07, 6.45) is 1.38. The molecule has 3 aliphatic heterocycles. The van der Waals surface area contributed by atoms with Crippen molar-refractivity contribution in [3.05, 3.63) is 65.7 Å². The minimum absolute atomic E-state index is 0.00782. The highest BCUT2D eigenvalue weighted by Crippen LogP contribution is 2.35. The van der Waals surface area contributed by atoms with E-state index in [9.17, 15) is 9.59 Å². The lowest BCUT2D eigenvalue weighted by atomic mass is 9.79. The van der Waals surface area contributed by atoms with Gasteiger partial charge in [0.25, 0.3) is 5.91 Å². The number of thiocarbonyl (C=S) groups is 1. The highest BCUT2D eigenvalue weighted by Gasteiger charge is 2.48. The Hall–Kier alpha value is -3.01. The van der Waals surface area contributed by atoms with E-state index in [1.807, 2.05) is 47.4 Å². The Bertz CT molecular complexity index is 1140. The van der Waals surface area contributed by atoms with Crippen molar-refractivity contribution < 1.29 is 19.1 Å². The number of anilines is 1. The number of para-hydroxylation sites is 1. The molecule has 0 spiro atoms. The van der Waals surface area contributed by atoms with Gasteiger partial charge in [0.05, 0.1) is 24.7 Å². The van der Waals surface area contributed by atoms with Gasteiger partial charge in [-0.3, -0.25) is 14.5 Å². The van der Waals surface area contributed by atoms with Crippen LogP contribution >= 0.6 is 12.2 Å². The molecule has 9 heteroatoms. The minimum Gasteiger partial charge on any atom is -0.368 e. The summed E-state index contributed by atoms with van der Waals surface area (Å²) in [5, 5.41) is 3.81. The molecule has 1 aliphatic carbocycles. The topological polar surface area (TPSA) is 74.3 Å². The third-order valence-electron chi connectivity index (χ3n) is 7.80. The molecule has 4 atom stereocenters. The van der Waals surface area contributed by atoms with Gasteiger partial charge in [0.15, 0.2) is 5.11 Å². The molecule has 4 aliphatic rings. The number of benzene rings is 2. The molecular formula is C27H30N4O4S. The normalized spacial score (nSPS) is 27.9. The van der Waals surface area contributed by atoms with Crippen LogP contribution in [0, 0.1) is 5.92 Å². The van der Waals surface area contributed by atoms with E-state index in [2.05, 4.69) is 22.3 Å². The first-order valence-electron chi connectivity index (χ1n) is 12.6. The van der Waals surface area contributed by atoms with Crippen LogP contribution in [0.4, 0.5) is 5.69 Å². The van der Waals surface area contributed by atoms with Crippen molar-refractivity contribution in [2.75, 3.05) is 37.9 Å². The number of hydrogen-bond donors (Lipinski definition) is 1. The van der Waals surface area contributed by atoms with Crippen LogP contribution in [0.5, 0.6) is 0 Å². The SMILES string of the molecule is O=C(c1ccc(CN2C(=O)C3CC4OCOC4CC3NC2=S)cc1)N1CCN(c2ccccc2)CC1. The second-order valence-corrected chi connectivity index (χ2v) is 10.3. The molecule has 2 aromatic carbocycles. The van der Waals surface area contributed by atoms with E-state index in [0.717, 1.165) is 25.1 Å². The summed E-state index contributed by atoms with van der Waals surface area (Å²) < 4.78 is 11.3. The van der Waals surface area contributed by atoms with Gasteiger partial charge in [0, 0.05) is 43.5 Å². The number of rotatable bonds is 4. The molecule has 36 heavy (non-hydrogen) atoms. The smallest absolute Gasteiger partial charge is 0.253 e. The molecule has 0 bridgehead atoms. The van der Waals surface area contributed by atoms with E-state index in [1.54, 1.807) is 4.90 Å². The molecule has 8 nitrogen and oxygen atoms in total. The van der Waals surface area contributed by atoms with Gasteiger partial charge in [-0.1, -0.05) is 30.3 Å². The monoisotopic (exact) mass is 506 g/mol. The second kappa shape index (κ2) is 9.80. The summed E-state index contributed by atoms with van der Waals surface area (Å²) in [6.45, 7) is 3.69. The molecule has 4 fully saturated rings. The second-order valence-electron chi connectivity index (χ2n) is 9.90. The molecule has 0 radical (unpaired) electrons. The number of fused-ring (bicyclic) bond motifs is 2. The third kappa shape index (κ3) is 4.47. The molecule has 0 aromatic heterocycles. The maximum atomic E-state index is 13.3. The van der Waals surface area contributed by atoms with Crippen LogP contribution in [0.3, 0.4) is 0 Å². The first kappa shape index (κ1) is 23.4. The molecule has 2 amide bonds. The largest absolute Gasteiger partial charge is 0.368 e. The van der Waals surface area contributed by atoms with Crippen molar-refractivity contribution in [1.82, 2.24) is 15.1 Å². The molecule has 1 saturated carbocycles. The zero-order chi connectivity index (χ0) is 24.6. The maximum Gasteiger partial charge on any atom is 0.253 e. The number of nitrogens with zero attached hydrogens (tertiary/aromatic N) is 3. The average molecular weight is 507 g/mol. The summed E-state index contributed by atoms with van der Waals surface area (Å²) >= 11 is 5.55. The number of nitrogens with one attached hydrogen (secondary N) is 1. The Labute approximate surface area is 216 Å². The van der Waals surface area contributed by atoms with Gasteiger partial charge in [0.2, 0.25) is 5.91 Å². The summed E-state index contributed by atoms with van der Waals surface area (Å²) in [6, 6.07) is 17.8. The van der Waals surface area contributed by atoms with Crippen LogP contribution in [-0.4, -0.2) is 77.9 Å². The quantitative estimate of drug-likeness (QED) is 0.639. The average Bonchev–Trinajstić information content (AvgIpc) is 3.38. The molecule has 4 unspecified atom stereocenters. The van der Waals surface area contributed by atoms with Gasteiger partial charge in [-0.2, -0.15) is 0 Å². The van der Waals surface area contributed by atoms with Crippen molar-refractivity contribution in [1.29, 1.82) is 0 Å². The van der Waals surface area contributed by atoms with Gasteiger partial charge in [0.1, 0.15) is 6.79 Å². The van der Waals surface area contributed by atoms with Crippen LogP contribution in [0.1, 0.15) is 28.8 Å². The summed E-state index contributed by atoms with van der Waals surface area (Å²) in [7, 11) is 0. The molecular weight excluding hydrogens is 476 g/mol. The Morgan fingerprint density at radius 2 is 1.64 bits per heavy atom. The standard InChI is InChI=1S/C27H30N4O4S/c32-25(30-12-10-29(11-13-30)20-4-2-1-3-5-20)19-8-6-18(7-9-19)16-31-26(33)21-14-23-24(35-17-34-23)15-22(21)28-27(31)36/h1-9,21-24H,10-17H2,(H,28,36). The van der Waals surface area contributed by atoms with E-state index in [1.165, 1.54) is 5.69 Å². The van der Waals surface area contributed by atoms with Gasteiger partial charge in [-0.25, -0.2) is 0 Å². The zero-order valence-corrected chi connectivity index (χ0v) is 20.9. The zero-order valence-electron chi connectivity index (χ0n) is 20.0. The van der Waals surface area contributed by atoms with Crippen molar-refractivity contribution in [2.45, 2.75) is 37.6 Å². The van der Waals surface area contributed by atoms with E-state index in [-0.39, 0.29) is 36.0 Å². The highest BCUT2D eigenvalue weighted by molar-refractivity contribution is 7.80. The van der Waals surface area contributed by atoms with Crippen LogP contribution in [0.25, 0.3) is 0 Å². The van der Waals surface area contributed by atoms with Crippen LogP contribution in [0.15, 0.2) is 54.6 Å². The van der Waals surface area contributed by atoms with Crippen molar-refractivity contribution in [3.63, 3.8) is 0 Å². The van der Waals surface area contributed by atoms with Gasteiger partial charge in [-0.05, 0) is 54.9 Å². The molecule has 3 heterocycles. The fraction of sp³-hybridized carbons (Fsp3) is 0.444. The van der Waals surface area contributed by atoms with Crippen molar-refractivity contribution in [2.24, 2.45) is 5.92 Å². The molecule has 2 aromatic rings. The molecule has 3 saturated heterocycles. The van der Waals surface area contributed by atoms with Gasteiger partial charge >= 0.3 is 0 Å². The maximum absolute atomic E-state index is 13.3. The minimum atomic E-state index is -0.171.